The highest BCUT2D eigenvalue weighted by Gasteiger charge is 2.16. The first-order valence-corrected chi connectivity index (χ1v) is 10.6. The van der Waals surface area contributed by atoms with Crippen molar-refractivity contribution in [2.45, 2.75) is 26.3 Å². The minimum Gasteiger partial charge on any atom is -0.369 e. The molecule has 0 aliphatic carbocycles. The fourth-order valence-corrected chi connectivity index (χ4v) is 3.49. The zero-order valence-corrected chi connectivity index (χ0v) is 20.5. The summed E-state index contributed by atoms with van der Waals surface area (Å²) in [6.45, 7) is 10.0. The van der Waals surface area contributed by atoms with E-state index in [9.17, 15) is 0 Å². The number of hydrogen-bond donors (Lipinski definition) is 2. The third-order valence-corrected chi connectivity index (χ3v) is 5.22. The second kappa shape index (κ2) is 13.4. The second-order valence-corrected chi connectivity index (χ2v) is 7.29. The second-order valence-electron chi connectivity index (χ2n) is 7.29. The maximum absolute atomic E-state index is 4.60. The minimum absolute atomic E-state index is 0. The number of nitrogens with zero attached hydrogens (tertiary/aromatic N) is 6. The molecular formula is C21H35IN8. The lowest BCUT2D eigenvalue weighted by molar-refractivity contribution is 0.253. The molecule has 1 aliphatic rings. The summed E-state index contributed by atoms with van der Waals surface area (Å²) in [5.74, 6) is 1.70. The molecule has 9 heteroatoms. The number of aryl methyl sites for hydroxylation is 1. The van der Waals surface area contributed by atoms with Crippen LogP contribution in [0.4, 0.5) is 5.69 Å². The summed E-state index contributed by atoms with van der Waals surface area (Å²) in [5.41, 5.74) is 1.34. The summed E-state index contributed by atoms with van der Waals surface area (Å²) in [6, 6.07) is 10.7. The van der Waals surface area contributed by atoms with E-state index in [1.54, 1.807) is 11.0 Å². The van der Waals surface area contributed by atoms with Crippen LogP contribution in [0.2, 0.25) is 0 Å². The molecule has 0 amide bonds. The smallest absolute Gasteiger partial charge is 0.191 e. The third-order valence-electron chi connectivity index (χ3n) is 5.22. The number of rotatable bonds is 9. The number of anilines is 1. The molecule has 2 heterocycles. The van der Waals surface area contributed by atoms with Crippen LogP contribution in [0.5, 0.6) is 0 Å². The van der Waals surface area contributed by atoms with Gasteiger partial charge in [0.25, 0.3) is 0 Å². The minimum atomic E-state index is 0. The highest BCUT2D eigenvalue weighted by atomic mass is 127. The molecule has 0 spiro atoms. The topological polar surface area (TPSA) is 73.6 Å². The molecule has 0 saturated carbocycles. The summed E-state index contributed by atoms with van der Waals surface area (Å²) in [5, 5.41) is 10.8. The first-order valence-electron chi connectivity index (χ1n) is 10.6. The molecule has 0 bridgehead atoms. The lowest BCUT2D eigenvalue weighted by Gasteiger charge is -2.36. The van der Waals surface area contributed by atoms with Gasteiger partial charge in [-0.2, -0.15) is 5.10 Å². The van der Waals surface area contributed by atoms with E-state index >= 15 is 0 Å². The van der Waals surface area contributed by atoms with Crippen LogP contribution < -0.4 is 15.5 Å². The van der Waals surface area contributed by atoms with Gasteiger partial charge < -0.3 is 15.5 Å². The molecule has 0 unspecified atom stereocenters. The van der Waals surface area contributed by atoms with E-state index in [-0.39, 0.29) is 24.0 Å². The number of nitrogens with one attached hydrogen (secondary N) is 2. The molecule has 1 fully saturated rings. The van der Waals surface area contributed by atoms with Crippen molar-refractivity contribution in [2.75, 3.05) is 50.7 Å². The maximum Gasteiger partial charge on any atom is 0.191 e. The summed E-state index contributed by atoms with van der Waals surface area (Å²) in [6.07, 6.45) is 3.89. The Morgan fingerprint density at radius 2 is 1.83 bits per heavy atom. The van der Waals surface area contributed by atoms with E-state index < -0.39 is 0 Å². The molecule has 2 N–H and O–H groups in total. The van der Waals surface area contributed by atoms with Crippen molar-refractivity contribution in [3.8, 4) is 0 Å². The Kier molecular flexibility index (Phi) is 10.9. The monoisotopic (exact) mass is 526 g/mol. The highest BCUT2D eigenvalue weighted by Crippen LogP contribution is 2.15. The van der Waals surface area contributed by atoms with Gasteiger partial charge >= 0.3 is 0 Å². The van der Waals surface area contributed by atoms with Crippen LogP contribution in [0.15, 0.2) is 41.7 Å². The van der Waals surface area contributed by atoms with Crippen molar-refractivity contribution < 1.29 is 0 Å². The number of piperazine rings is 1. The standard InChI is InChI=1S/C21H34N8.HI/c1-3-22-21(24-17-20-25-18-26-27(20)2)23-11-7-8-12-28-13-15-29(16-14-28)19-9-5-4-6-10-19;/h4-6,9-10,18H,3,7-8,11-17H2,1-2H3,(H2,22,23,24);1H. The molecular weight excluding hydrogens is 491 g/mol. The van der Waals surface area contributed by atoms with E-state index in [0.29, 0.717) is 6.54 Å². The van der Waals surface area contributed by atoms with Gasteiger partial charge in [0.1, 0.15) is 18.7 Å². The lowest BCUT2D eigenvalue weighted by atomic mass is 10.2. The molecule has 3 rings (SSSR count). The summed E-state index contributed by atoms with van der Waals surface area (Å²) in [7, 11) is 1.89. The van der Waals surface area contributed by atoms with Crippen LogP contribution in [0, 0.1) is 0 Å². The Morgan fingerprint density at radius 3 is 2.50 bits per heavy atom. The normalized spacial score (nSPS) is 15.0. The third kappa shape index (κ3) is 7.75. The molecule has 166 valence electrons. The van der Waals surface area contributed by atoms with Crippen LogP contribution in [0.3, 0.4) is 0 Å². The Labute approximate surface area is 197 Å². The molecule has 1 aromatic carbocycles. The van der Waals surface area contributed by atoms with Gasteiger partial charge in [0, 0.05) is 52.0 Å². The zero-order valence-electron chi connectivity index (χ0n) is 18.1. The van der Waals surface area contributed by atoms with Crippen molar-refractivity contribution in [3.63, 3.8) is 0 Å². The zero-order chi connectivity index (χ0) is 20.3. The maximum atomic E-state index is 4.60. The first kappa shape index (κ1) is 24.4. The van der Waals surface area contributed by atoms with Gasteiger partial charge in [0.05, 0.1) is 0 Å². The number of para-hydroxylation sites is 1. The van der Waals surface area contributed by atoms with Crippen molar-refractivity contribution >= 4 is 35.6 Å². The van der Waals surface area contributed by atoms with E-state index in [0.717, 1.165) is 64.0 Å². The fraction of sp³-hybridized carbons (Fsp3) is 0.571. The van der Waals surface area contributed by atoms with Gasteiger partial charge in [-0.05, 0) is 38.4 Å². The Bertz CT molecular complexity index is 740. The predicted octanol–water partition coefficient (Wildman–Crippen LogP) is 2.09. The largest absolute Gasteiger partial charge is 0.369 e. The molecule has 0 radical (unpaired) electrons. The predicted molar refractivity (Wildman–Crippen MR) is 134 cm³/mol. The number of aliphatic imine (C=N–C) groups is 1. The average molecular weight is 526 g/mol. The van der Waals surface area contributed by atoms with E-state index in [1.165, 1.54) is 12.1 Å². The van der Waals surface area contributed by atoms with Crippen LogP contribution in [0.25, 0.3) is 0 Å². The average Bonchev–Trinajstić information content (AvgIpc) is 3.17. The van der Waals surface area contributed by atoms with E-state index in [1.807, 2.05) is 7.05 Å². The number of benzene rings is 1. The fourth-order valence-electron chi connectivity index (χ4n) is 3.49. The molecule has 2 aromatic rings. The Hall–Kier alpha value is -1.88. The molecule has 1 saturated heterocycles. The molecule has 30 heavy (non-hydrogen) atoms. The SMILES string of the molecule is CCNC(=NCc1ncnn1C)NCCCCN1CCN(c2ccccc2)CC1.I. The molecule has 1 aliphatic heterocycles. The quantitative estimate of drug-likeness (QED) is 0.226. The van der Waals surface area contributed by atoms with Gasteiger partial charge in [-0.25, -0.2) is 9.98 Å². The van der Waals surface area contributed by atoms with Crippen molar-refractivity contribution in [2.24, 2.45) is 12.0 Å². The van der Waals surface area contributed by atoms with Gasteiger partial charge in [0.2, 0.25) is 0 Å². The van der Waals surface area contributed by atoms with Crippen LogP contribution in [0.1, 0.15) is 25.6 Å². The van der Waals surface area contributed by atoms with E-state index in [2.05, 4.69) is 72.8 Å². The van der Waals surface area contributed by atoms with Crippen molar-refractivity contribution in [1.82, 2.24) is 30.3 Å². The van der Waals surface area contributed by atoms with Gasteiger partial charge in [-0.3, -0.25) is 9.58 Å². The van der Waals surface area contributed by atoms with Crippen LogP contribution in [-0.4, -0.2) is 71.4 Å². The van der Waals surface area contributed by atoms with E-state index in [4.69, 9.17) is 0 Å². The highest BCUT2D eigenvalue weighted by molar-refractivity contribution is 14.0. The van der Waals surface area contributed by atoms with Gasteiger partial charge in [-0.1, -0.05) is 18.2 Å². The summed E-state index contributed by atoms with van der Waals surface area (Å²) >= 11 is 0. The van der Waals surface area contributed by atoms with Crippen molar-refractivity contribution in [1.29, 1.82) is 0 Å². The summed E-state index contributed by atoms with van der Waals surface area (Å²) in [4.78, 5) is 13.9. The summed E-state index contributed by atoms with van der Waals surface area (Å²) < 4.78 is 1.75. The number of aromatic nitrogens is 3. The van der Waals surface area contributed by atoms with Gasteiger partial charge in [-0.15, -0.1) is 24.0 Å². The first-order chi connectivity index (χ1) is 14.3. The molecule has 1 aromatic heterocycles. The van der Waals surface area contributed by atoms with Crippen molar-refractivity contribution in [3.05, 3.63) is 42.5 Å². The Morgan fingerprint density at radius 1 is 1.07 bits per heavy atom. The van der Waals surface area contributed by atoms with Crippen LogP contribution in [-0.2, 0) is 13.6 Å². The number of unbranched alkanes of at least 4 members (excludes halogenated alkanes) is 1. The van der Waals surface area contributed by atoms with Crippen LogP contribution >= 0.6 is 24.0 Å². The van der Waals surface area contributed by atoms with Gasteiger partial charge in [0.15, 0.2) is 5.96 Å². The number of hydrogen-bond acceptors (Lipinski definition) is 5. The molecule has 0 atom stereocenters. The lowest BCUT2D eigenvalue weighted by Crippen LogP contribution is -2.46. The Balaban J connectivity index is 0.00000320. The number of guanidine groups is 1. The number of halogens is 1. The molecule has 8 nitrogen and oxygen atoms in total.